The van der Waals surface area contributed by atoms with Gasteiger partial charge in [-0.3, -0.25) is 4.79 Å². The van der Waals surface area contributed by atoms with E-state index in [1.807, 2.05) is 30.0 Å². The third-order valence-electron chi connectivity index (χ3n) is 9.86. The quantitative estimate of drug-likeness (QED) is 0.392. The molecule has 4 heterocycles. The van der Waals surface area contributed by atoms with Crippen LogP contribution in [0, 0.1) is 18.3 Å². The molecule has 7 rings (SSSR count). The summed E-state index contributed by atoms with van der Waals surface area (Å²) in [5.41, 5.74) is 3.67. The van der Waals surface area contributed by atoms with Gasteiger partial charge in [0, 0.05) is 30.6 Å². The van der Waals surface area contributed by atoms with Gasteiger partial charge in [0.2, 0.25) is 0 Å². The van der Waals surface area contributed by atoms with Crippen LogP contribution in [0.15, 0.2) is 30.3 Å². The van der Waals surface area contributed by atoms with Crippen LogP contribution in [-0.2, 0) is 13.1 Å². The smallest absolute Gasteiger partial charge is 0.318 e. The highest BCUT2D eigenvalue weighted by atomic mass is 16.5. The maximum absolute atomic E-state index is 14.0. The molecule has 1 N–H and O–H groups in total. The van der Waals surface area contributed by atoms with E-state index in [2.05, 4.69) is 16.7 Å². The number of likely N-dealkylation sites (tertiary alicyclic amines) is 1. The number of aromatic hydroxyl groups is 1. The van der Waals surface area contributed by atoms with E-state index < -0.39 is 0 Å². The van der Waals surface area contributed by atoms with E-state index in [1.54, 1.807) is 12.1 Å². The molecular weight excluding hydrogens is 526 g/mol. The van der Waals surface area contributed by atoms with Gasteiger partial charge >= 0.3 is 6.01 Å². The molecule has 4 aliphatic rings. The number of fused-ring (bicyclic) bond motifs is 2. The third kappa shape index (κ3) is 5.41. The van der Waals surface area contributed by atoms with Crippen molar-refractivity contribution in [3.63, 3.8) is 0 Å². The van der Waals surface area contributed by atoms with Crippen molar-refractivity contribution in [3.05, 3.63) is 52.7 Å². The van der Waals surface area contributed by atoms with Crippen LogP contribution in [0.3, 0.4) is 0 Å². The molecule has 0 spiro atoms. The number of rotatable bonds is 7. The Bertz CT molecular complexity index is 1500. The van der Waals surface area contributed by atoms with E-state index in [0.717, 1.165) is 59.5 Å². The fourth-order valence-electron chi connectivity index (χ4n) is 7.34. The lowest BCUT2D eigenvalue weighted by atomic mass is 9.98. The highest BCUT2D eigenvalue weighted by Gasteiger charge is 2.45. The molecule has 2 saturated heterocycles. The fourth-order valence-corrected chi connectivity index (χ4v) is 7.34. The molecule has 3 aromatic rings. The van der Waals surface area contributed by atoms with E-state index >= 15 is 0 Å². The average molecular weight is 570 g/mol. The number of anilines is 1. The molecule has 1 aromatic heterocycles. The topological polar surface area (TPSA) is 82.0 Å². The second-order valence-electron chi connectivity index (χ2n) is 13.4. The molecule has 3 fully saturated rings. The standard InChI is InChI=1S/C34H43N5O3/c1-23-8-7-15-38(18-23)31-28-19-39(32(41)27-17-26(40)16-25-10-6-9-24(2)30(25)27)20-29(28)35-33(36-31)42-22-34(11-12-34)21-37-13-4-3-5-14-37/h6,9-10,16-17,23,40H,3-5,7-8,11-15,18-22H2,1-2H3. The summed E-state index contributed by atoms with van der Waals surface area (Å²) in [5.74, 6) is 1.52. The summed E-state index contributed by atoms with van der Waals surface area (Å²) in [6.07, 6.45) is 8.70. The Morgan fingerprint density at radius 3 is 2.69 bits per heavy atom. The molecule has 8 nitrogen and oxygen atoms in total. The number of nitrogens with zero attached hydrogens (tertiary/aromatic N) is 5. The lowest BCUT2D eigenvalue weighted by Crippen LogP contribution is -2.37. The highest BCUT2D eigenvalue weighted by molar-refractivity contribution is 6.09. The van der Waals surface area contributed by atoms with Gasteiger partial charge in [-0.25, -0.2) is 0 Å². The maximum atomic E-state index is 14.0. The van der Waals surface area contributed by atoms with Crippen LogP contribution in [0.5, 0.6) is 11.8 Å². The normalized spacial score (nSPS) is 21.9. The summed E-state index contributed by atoms with van der Waals surface area (Å²) in [7, 11) is 0. The lowest BCUT2D eigenvalue weighted by molar-refractivity contribution is 0.0751. The monoisotopic (exact) mass is 569 g/mol. The lowest BCUT2D eigenvalue weighted by Gasteiger charge is -2.33. The van der Waals surface area contributed by atoms with Crippen molar-refractivity contribution in [2.24, 2.45) is 11.3 Å². The number of amides is 1. The zero-order valence-corrected chi connectivity index (χ0v) is 25.1. The number of carbonyl (C=O) groups is 1. The van der Waals surface area contributed by atoms with Crippen LogP contribution >= 0.6 is 0 Å². The number of piperidine rings is 2. The molecule has 1 atom stereocenters. The van der Waals surface area contributed by atoms with E-state index in [1.165, 1.54) is 51.6 Å². The molecule has 1 saturated carbocycles. The Morgan fingerprint density at radius 2 is 1.90 bits per heavy atom. The summed E-state index contributed by atoms with van der Waals surface area (Å²) in [5, 5.41) is 12.2. The summed E-state index contributed by atoms with van der Waals surface area (Å²) in [4.78, 5) is 30.8. The van der Waals surface area contributed by atoms with Gasteiger partial charge in [-0.1, -0.05) is 31.5 Å². The van der Waals surface area contributed by atoms with Crippen LogP contribution in [0.2, 0.25) is 0 Å². The number of hydrogen-bond acceptors (Lipinski definition) is 7. The molecule has 222 valence electrons. The van der Waals surface area contributed by atoms with E-state index in [4.69, 9.17) is 14.7 Å². The van der Waals surface area contributed by atoms with Crippen molar-refractivity contribution in [3.8, 4) is 11.8 Å². The van der Waals surface area contributed by atoms with Gasteiger partial charge in [-0.05, 0) is 92.9 Å². The molecule has 1 unspecified atom stereocenters. The largest absolute Gasteiger partial charge is 0.508 e. The van der Waals surface area contributed by atoms with Gasteiger partial charge in [-0.15, -0.1) is 0 Å². The first kappa shape index (κ1) is 27.4. The zero-order chi connectivity index (χ0) is 28.8. The van der Waals surface area contributed by atoms with Crippen molar-refractivity contribution in [2.45, 2.75) is 71.9 Å². The number of phenolic OH excluding ortho intramolecular Hbond substituents is 1. The Hall–Kier alpha value is -3.39. The third-order valence-corrected chi connectivity index (χ3v) is 9.86. The Morgan fingerprint density at radius 1 is 1.07 bits per heavy atom. The van der Waals surface area contributed by atoms with Crippen LogP contribution in [0.4, 0.5) is 5.82 Å². The summed E-state index contributed by atoms with van der Waals surface area (Å²) in [6.45, 7) is 11.2. The number of carbonyl (C=O) groups excluding carboxylic acids is 1. The molecule has 0 radical (unpaired) electrons. The number of benzene rings is 2. The minimum Gasteiger partial charge on any atom is -0.508 e. The molecule has 0 bridgehead atoms. The van der Waals surface area contributed by atoms with Gasteiger partial charge in [-0.2, -0.15) is 9.97 Å². The van der Waals surface area contributed by atoms with E-state index in [-0.39, 0.29) is 17.1 Å². The first-order valence-electron chi connectivity index (χ1n) is 15.9. The molecule has 2 aromatic carbocycles. The van der Waals surface area contributed by atoms with Gasteiger partial charge in [0.1, 0.15) is 11.6 Å². The number of phenols is 1. The van der Waals surface area contributed by atoms with E-state index in [9.17, 15) is 9.90 Å². The number of aryl methyl sites for hydroxylation is 1. The minimum atomic E-state index is -0.0953. The molecular formula is C34H43N5O3. The predicted octanol–water partition coefficient (Wildman–Crippen LogP) is 5.68. The minimum absolute atomic E-state index is 0.0953. The van der Waals surface area contributed by atoms with Crippen molar-refractivity contribution >= 4 is 22.5 Å². The molecule has 8 heteroatoms. The Kier molecular flexibility index (Phi) is 7.21. The summed E-state index contributed by atoms with van der Waals surface area (Å²) >= 11 is 0. The van der Waals surface area contributed by atoms with Gasteiger partial charge in [0.25, 0.3) is 5.91 Å². The van der Waals surface area contributed by atoms with Crippen LogP contribution in [0.1, 0.15) is 79.0 Å². The number of aromatic nitrogens is 2. The van der Waals surface area contributed by atoms with Crippen molar-refractivity contribution in [1.82, 2.24) is 19.8 Å². The second-order valence-corrected chi connectivity index (χ2v) is 13.4. The number of ether oxygens (including phenoxy) is 1. The molecule has 1 amide bonds. The van der Waals surface area contributed by atoms with Crippen LogP contribution < -0.4 is 9.64 Å². The fraction of sp³-hybridized carbons (Fsp3) is 0.559. The van der Waals surface area contributed by atoms with Gasteiger partial charge < -0.3 is 24.5 Å². The molecule has 3 aliphatic heterocycles. The van der Waals surface area contributed by atoms with E-state index in [0.29, 0.717) is 37.2 Å². The van der Waals surface area contributed by atoms with Gasteiger partial charge in [0.05, 0.1) is 31.0 Å². The number of hydrogen-bond donors (Lipinski definition) is 1. The van der Waals surface area contributed by atoms with Crippen molar-refractivity contribution in [2.75, 3.05) is 44.2 Å². The second kappa shape index (κ2) is 11.0. The zero-order valence-electron chi connectivity index (χ0n) is 25.1. The van der Waals surface area contributed by atoms with Crippen molar-refractivity contribution in [1.29, 1.82) is 0 Å². The summed E-state index contributed by atoms with van der Waals surface area (Å²) < 4.78 is 6.42. The Labute approximate surface area is 248 Å². The van der Waals surface area contributed by atoms with Crippen LogP contribution in [0.25, 0.3) is 10.8 Å². The first-order chi connectivity index (χ1) is 20.4. The van der Waals surface area contributed by atoms with Crippen molar-refractivity contribution < 1.29 is 14.6 Å². The predicted molar refractivity (Wildman–Crippen MR) is 164 cm³/mol. The highest BCUT2D eigenvalue weighted by Crippen LogP contribution is 2.47. The summed E-state index contributed by atoms with van der Waals surface area (Å²) in [6, 6.07) is 9.68. The molecule has 1 aliphatic carbocycles. The average Bonchev–Trinajstić information content (AvgIpc) is 3.61. The molecule has 42 heavy (non-hydrogen) atoms. The van der Waals surface area contributed by atoms with Crippen LogP contribution in [-0.4, -0.2) is 70.1 Å². The maximum Gasteiger partial charge on any atom is 0.318 e. The Balaban J connectivity index is 1.16. The first-order valence-corrected chi connectivity index (χ1v) is 15.9. The SMILES string of the molecule is Cc1cccc2cc(O)cc(C(=O)N3Cc4nc(OCC5(CN6CCCCC6)CC5)nc(N5CCCC(C)C5)c4C3)c12. The van der Waals surface area contributed by atoms with Gasteiger partial charge in [0.15, 0.2) is 0 Å².